The lowest BCUT2D eigenvalue weighted by Crippen LogP contribution is -2.11. The van der Waals surface area contributed by atoms with Gasteiger partial charge in [-0.1, -0.05) is 35.2 Å². The molecule has 2 aromatic carbocycles. The van der Waals surface area contributed by atoms with E-state index in [-0.39, 0.29) is 6.54 Å². The van der Waals surface area contributed by atoms with Crippen LogP contribution in [-0.2, 0) is 47.0 Å². The van der Waals surface area contributed by atoms with Crippen molar-refractivity contribution in [1.29, 1.82) is 0 Å². The van der Waals surface area contributed by atoms with Gasteiger partial charge in [0.25, 0.3) is 0 Å². The molecular weight excluding hydrogens is 346 g/mol. The second-order valence-electron chi connectivity index (χ2n) is 6.82. The molecule has 4 rings (SSSR count). The summed E-state index contributed by atoms with van der Waals surface area (Å²) in [5.41, 5.74) is 12.5. The summed E-state index contributed by atoms with van der Waals surface area (Å²) in [5.74, 6) is 0. The van der Waals surface area contributed by atoms with Crippen LogP contribution in [0.3, 0.4) is 0 Å². The van der Waals surface area contributed by atoms with Crippen molar-refractivity contribution in [1.82, 2.24) is 0 Å². The number of hydrogen-bond donors (Lipinski definition) is 2. The smallest absolute Gasteiger partial charge is 0.322 e. The molecule has 0 aromatic heterocycles. The summed E-state index contributed by atoms with van der Waals surface area (Å²) in [6, 6.07) is 8.87. The number of benzene rings is 2. The first kappa shape index (κ1) is 17.2. The van der Waals surface area contributed by atoms with E-state index in [2.05, 4.69) is 15.7 Å². The van der Waals surface area contributed by atoms with E-state index in [1.54, 1.807) is 18.2 Å². The average Bonchev–Trinajstić information content (AvgIpc) is 3.30. The number of urea groups is 1. The fraction of sp³-hybridized carbons (Fsp3) is 0.350. The molecule has 0 aliphatic heterocycles. The molecule has 0 heterocycles. The number of carbonyl (C=O) groups excluding carboxylic acids is 1. The maximum absolute atomic E-state index is 12.5. The Labute approximate surface area is 155 Å². The molecule has 0 saturated carbocycles. The van der Waals surface area contributed by atoms with Crippen molar-refractivity contribution in [2.45, 2.75) is 50.0 Å². The van der Waals surface area contributed by atoms with E-state index in [4.69, 9.17) is 5.73 Å². The molecule has 2 aliphatic carbocycles. The minimum atomic E-state index is -1.76. The number of anilines is 1. The van der Waals surface area contributed by atoms with Crippen molar-refractivity contribution in [3.63, 3.8) is 0 Å². The maximum Gasteiger partial charge on any atom is 0.322 e. The van der Waals surface area contributed by atoms with Gasteiger partial charge in [0.15, 0.2) is 0 Å². The molecule has 0 spiro atoms. The van der Waals surface area contributed by atoms with Crippen LogP contribution in [0.5, 0.6) is 0 Å². The van der Waals surface area contributed by atoms with Crippen molar-refractivity contribution in [3.05, 3.63) is 58.1 Å². The quantitative estimate of drug-likeness (QED) is 0.807. The fourth-order valence-electron chi connectivity index (χ4n) is 4.06. The van der Waals surface area contributed by atoms with E-state index in [1.165, 1.54) is 22.3 Å². The number of aryl methyl sites for hydroxylation is 2. The predicted molar refractivity (Wildman–Crippen MR) is 103 cm³/mol. The topological polar surface area (TPSA) is 84.6 Å². The zero-order valence-electron chi connectivity index (χ0n) is 14.6. The van der Waals surface area contributed by atoms with Crippen LogP contribution in [0.4, 0.5) is 10.5 Å². The van der Waals surface area contributed by atoms with Gasteiger partial charge in [-0.05, 0) is 66.3 Å². The first-order chi connectivity index (χ1) is 12.7. The average molecular weight is 368 g/mol. The van der Waals surface area contributed by atoms with Gasteiger partial charge in [0.2, 0.25) is 0 Å². The van der Waals surface area contributed by atoms with Crippen LogP contribution in [0.2, 0.25) is 0 Å². The molecule has 0 bridgehead atoms. The van der Waals surface area contributed by atoms with Crippen LogP contribution in [-0.4, -0.2) is 6.03 Å². The van der Waals surface area contributed by atoms with Crippen molar-refractivity contribution in [2.75, 3.05) is 5.32 Å². The molecular formula is C20H22N3O2S-. The first-order valence-electron chi connectivity index (χ1n) is 9.06. The number of hydrogen-bond acceptors (Lipinski definition) is 4. The van der Waals surface area contributed by atoms with E-state index in [0.717, 1.165) is 49.8 Å². The summed E-state index contributed by atoms with van der Waals surface area (Å²) in [6.07, 6.45) is 6.34. The molecule has 3 N–H and O–H groups in total. The highest BCUT2D eigenvalue weighted by molar-refractivity contribution is 7.75. The van der Waals surface area contributed by atoms with Crippen molar-refractivity contribution in [2.24, 2.45) is 10.1 Å². The van der Waals surface area contributed by atoms with Gasteiger partial charge in [-0.15, -0.1) is 0 Å². The highest BCUT2D eigenvalue weighted by Crippen LogP contribution is 2.38. The van der Waals surface area contributed by atoms with E-state index in [1.807, 2.05) is 6.07 Å². The third kappa shape index (κ3) is 3.15. The van der Waals surface area contributed by atoms with Crippen molar-refractivity contribution in [3.8, 4) is 0 Å². The molecule has 0 fully saturated rings. The lowest BCUT2D eigenvalue weighted by molar-refractivity contribution is 0.260. The Bertz CT molecular complexity index is 930. The standard InChI is InChI=1S/C20H22N3O2S/c21-12-15-5-1-2-10-18(15)26(25)23-20(24)22-19-16-8-3-6-13(16)11-14-7-4-9-17(14)19/h1-2,5,10-11H,3-4,6-9,12,21H2,(H,22,24)/q-1. The molecule has 0 atom stereocenters. The summed E-state index contributed by atoms with van der Waals surface area (Å²) in [5, 5.41) is 2.95. The van der Waals surface area contributed by atoms with Gasteiger partial charge in [0, 0.05) is 12.2 Å². The molecule has 2 amide bonds. The van der Waals surface area contributed by atoms with E-state index < -0.39 is 16.6 Å². The Kier molecular flexibility index (Phi) is 4.78. The summed E-state index contributed by atoms with van der Waals surface area (Å²) < 4.78 is 16.4. The zero-order chi connectivity index (χ0) is 18.1. The number of fused-ring (bicyclic) bond motifs is 2. The van der Waals surface area contributed by atoms with Gasteiger partial charge >= 0.3 is 6.03 Å². The Hall–Kier alpha value is -2.18. The van der Waals surface area contributed by atoms with Crippen LogP contribution in [0.15, 0.2) is 39.6 Å². The van der Waals surface area contributed by atoms with E-state index >= 15 is 0 Å². The molecule has 0 radical (unpaired) electrons. The van der Waals surface area contributed by atoms with Crippen LogP contribution in [0.1, 0.15) is 40.7 Å². The van der Waals surface area contributed by atoms with Crippen molar-refractivity contribution >= 4 is 22.3 Å². The highest BCUT2D eigenvalue weighted by atomic mass is 32.2. The highest BCUT2D eigenvalue weighted by Gasteiger charge is 2.24. The zero-order valence-corrected chi connectivity index (χ0v) is 15.4. The van der Waals surface area contributed by atoms with Gasteiger partial charge < -0.3 is 19.6 Å². The second-order valence-corrected chi connectivity index (χ2v) is 7.94. The molecule has 5 nitrogen and oxygen atoms in total. The lowest BCUT2D eigenvalue weighted by atomic mass is 9.99. The van der Waals surface area contributed by atoms with Gasteiger partial charge in [-0.3, -0.25) is 0 Å². The largest absolute Gasteiger partial charge is 0.439 e. The van der Waals surface area contributed by atoms with Crippen LogP contribution in [0.25, 0.3) is 0 Å². The first-order valence-corrected chi connectivity index (χ1v) is 10.2. The van der Waals surface area contributed by atoms with E-state index in [9.17, 15) is 9.00 Å². The number of carbonyl (C=O) groups is 1. The Morgan fingerprint density at radius 2 is 1.73 bits per heavy atom. The Morgan fingerprint density at radius 1 is 1.08 bits per heavy atom. The third-order valence-corrected chi connectivity index (χ3v) is 6.36. The Morgan fingerprint density at radius 3 is 2.38 bits per heavy atom. The molecule has 6 heteroatoms. The number of amides is 2. The van der Waals surface area contributed by atoms with Crippen LogP contribution < -0.4 is 11.1 Å². The number of rotatable bonds is 3. The molecule has 2 aromatic rings. The second kappa shape index (κ2) is 7.21. The molecule has 26 heavy (non-hydrogen) atoms. The SMILES string of the molecule is NCc1ccccc1[S-](=O)=NC(=O)Nc1c2c(cc3c1CCC3)CCC2. The Balaban J connectivity index is 1.65. The van der Waals surface area contributed by atoms with Crippen molar-refractivity contribution < 1.29 is 9.00 Å². The molecule has 0 saturated heterocycles. The monoisotopic (exact) mass is 368 g/mol. The van der Waals surface area contributed by atoms with Gasteiger partial charge in [-0.2, -0.15) is 10.6 Å². The van der Waals surface area contributed by atoms with Crippen LogP contribution in [0, 0.1) is 0 Å². The minimum Gasteiger partial charge on any atom is -0.439 e. The molecule has 136 valence electrons. The predicted octanol–water partition coefficient (Wildman–Crippen LogP) is 3.86. The summed E-state index contributed by atoms with van der Waals surface area (Å²) in [6.45, 7) is 0.263. The number of nitrogens with zero attached hydrogens (tertiary/aromatic N) is 1. The minimum absolute atomic E-state index is 0.263. The summed E-state index contributed by atoms with van der Waals surface area (Å²) >= 11 is 0. The number of nitrogens with one attached hydrogen (secondary N) is 1. The van der Waals surface area contributed by atoms with Gasteiger partial charge in [-0.25, -0.2) is 4.79 Å². The van der Waals surface area contributed by atoms with E-state index in [0.29, 0.717) is 4.90 Å². The maximum atomic E-state index is 12.5. The van der Waals surface area contributed by atoms with Gasteiger partial charge in [0.05, 0.1) is 0 Å². The third-order valence-electron chi connectivity index (χ3n) is 5.25. The fourth-order valence-corrected chi connectivity index (χ4v) is 4.93. The number of nitrogens with two attached hydrogens (primary N) is 1. The lowest BCUT2D eigenvalue weighted by Gasteiger charge is -2.16. The normalized spacial score (nSPS) is 16.3. The molecule has 2 aliphatic rings. The summed E-state index contributed by atoms with van der Waals surface area (Å²) in [7, 11) is -1.76. The van der Waals surface area contributed by atoms with Crippen LogP contribution >= 0.6 is 0 Å². The molecule has 0 unspecified atom stereocenters. The van der Waals surface area contributed by atoms with Gasteiger partial charge in [0.1, 0.15) is 0 Å². The summed E-state index contributed by atoms with van der Waals surface area (Å²) in [4.78, 5) is 13.0.